The van der Waals surface area contributed by atoms with Gasteiger partial charge in [-0.3, -0.25) is 0 Å². The van der Waals surface area contributed by atoms with E-state index in [1.54, 1.807) is 6.92 Å². The Balaban J connectivity index is 3.39. The first kappa shape index (κ1) is 17.9. The van der Waals surface area contributed by atoms with E-state index in [9.17, 15) is 12.8 Å². The summed E-state index contributed by atoms with van der Waals surface area (Å²) in [4.78, 5) is -0.350. The minimum absolute atomic E-state index is 0.0861. The zero-order chi connectivity index (χ0) is 15.7. The third kappa shape index (κ3) is 3.53. The average molecular weight is 387 g/mol. The highest BCUT2D eigenvalue weighted by Crippen LogP contribution is 2.28. The average Bonchev–Trinajstić information content (AvgIpc) is 2.38. The molecule has 0 bridgehead atoms. The molecule has 1 unspecified atom stereocenters. The predicted molar refractivity (Wildman–Crippen MR) is 82.9 cm³/mol. The van der Waals surface area contributed by atoms with Crippen LogP contribution in [0.25, 0.3) is 0 Å². The van der Waals surface area contributed by atoms with Gasteiger partial charge in [0.1, 0.15) is 10.7 Å². The van der Waals surface area contributed by atoms with Crippen molar-refractivity contribution >= 4 is 37.6 Å². The van der Waals surface area contributed by atoms with Gasteiger partial charge in [-0.1, -0.05) is 29.8 Å². The third-order valence-electron chi connectivity index (χ3n) is 3.42. The van der Waals surface area contributed by atoms with Crippen molar-refractivity contribution in [3.63, 3.8) is 0 Å². The van der Waals surface area contributed by atoms with Gasteiger partial charge in [0, 0.05) is 23.1 Å². The van der Waals surface area contributed by atoms with Crippen LogP contribution in [0.3, 0.4) is 0 Å². The number of hydrogen-bond donors (Lipinski definition) is 0. The molecule has 1 rings (SSSR count). The van der Waals surface area contributed by atoms with Crippen molar-refractivity contribution < 1.29 is 12.8 Å². The molecule has 0 amide bonds. The lowest BCUT2D eigenvalue weighted by Gasteiger charge is -2.27. The molecule has 114 valence electrons. The number of nitrogens with zero attached hydrogens (tertiary/aromatic N) is 1. The Morgan fingerprint density at radius 1 is 1.35 bits per heavy atom. The van der Waals surface area contributed by atoms with Gasteiger partial charge >= 0.3 is 0 Å². The van der Waals surface area contributed by atoms with Gasteiger partial charge in [-0.25, -0.2) is 12.8 Å². The summed E-state index contributed by atoms with van der Waals surface area (Å²) in [5.74, 6) is -0.750. The monoisotopic (exact) mass is 385 g/mol. The van der Waals surface area contributed by atoms with Crippen molar-refractivity contribution in [2.45, 2.75) is 37.6 Å². The fraction of sp³-hybridized carbons (Fsp3) is 0.538. The maximum Gasteiger partial charge on any atom is 0.246 e. The highest BCUT2D eigenvalue weighted by molar-refractivity contribution is 9.10. The van der Waals surface area contributed by atoms with Crippen molar-refractivity contribution in [2.24, 2.45) is 5.92 Å². The second kappa shape index (κ2) is 6.73. The van der Waals surface area contributed by atoms with E-state index in [0.717, 1.165) is 0 Å². The molecule has 0 aliphatic rings. The van der Waals surface area contributed by atoms with Crippen LogP contribution in [-0.2, 0) is 15.9 Å². The number of halogens is 3. The van der Waals surface area contributed by atoms with Crippen LogP contribution in [-0.4, -0.2) is 25.8 Å². The second-order valence-corrected chi connectivity index (χ2v) is 8.17. The van der Waals surface area contributed by atoms with Gasteiger partial charge in [-0.2, -0.15) is 4.31 Å². The molecule has 0 spiro atoms. The number of benzene rings is 1. The molecule has 0 aliphatic heterocycles. The second-order valence-electron chi connectivity index (χ2n) is 5.02. The van der Waals surface area contributed by atoms with Crippen molar-refractivity contribution in [3.05, 3.63) is 28.0 Å². The van der Waals surface area contributed by atoms with Crippen molar-refractivity contribution in [3.8, 4) is 0 Å². The largest absolute Gasteiger partial charge is 0.246 e. The van der Waals surface area contributed by atoms with Crippen LogP contribution in [0.5, 0.6) is 0 Å². The standard InChI is InChI=1S/C13H18BrClFNO2S/c1-8(2)9(3)17(4)20(18,19)12-6-11(14)5-10(7-15)13(12)16/h5-6,8-9H,7H2,1-4H3. The van der Waals surface area contributed by atoms with Crippen LogP contribution in [0, 0.1) is 11.7 Å². The fourth-order valence-corrected chi connectivity index (χ4v) is 4.17. The molecule has 1 aromatic carbocycles. The lowest BCUT2D eigenvalue weighted by Crippen LogP contribution is -2.38. The zero-order valence-corrected chi connectivity index (χ0v) is 15.0. The van der Waals surface area contributed by atoms with Crippen LogP contribution in [0.2, 0.25) is 0 Å². The van der Waals surface area contributed by atoms with Gasteiger partial charge in [0.2, 0.25) is 10.0 Å². The molecule has 20 heavy (non-hydrogen) atoms. The maximum absolute atomic E-state index is 14.3. The molecule has 0 N–H and O–H groups in total. The molecule has 0 fully saturated rings. The summed E-state index contributed by atoms with van der Waals surface area (Å²) in [5, 5.41) is 0. The van der Waals surface area contributed by atoms with Crippen LogP contribution in [0.4, 0.5) is 4.39 Å². The highest BCUT2D eigenvalue weighted by Gasteiger charge is 2.30. The van der Waals surface area contributed by atoms with E-state index in [0.29, 0.717) is 4.47 Å². The summed E-state index contributed by atoms with van der Waals surface area (Å²) in [7, 11) is -2.44. The number of hydrogen-bond acceptors (Lipinski definition) is 2. The number of rotatable bonds is 5. The Kier molecular flexibility index (Phi) is 6.01. The molecule has 0 saturated heterocycles. The maximum atomic E-state index is 14.3. The van der Waals surface area contributed by atoms with Crippen molar-refractivity contribution in [1.29, 1.82) is 0 Å². The summed E-state index contributed by atoms with van der Waals surface area (Å²) in [6.07, 6.45) is 0. The van der Waals surface area contributed by atoms with E-state index in [1.807, 2.05) is 13.8 Å². The van der Waals surface area contributed by atoms with Gasteiger partial charge in [-0.15, -0.1) is 11.6 Å². The van der Waals surface area contributed by atoms with Crippen LogP contribution in [0.1, 0.15) is 26.3 Å². The van der Waals surface area contributed by atoms with Crippen LogP contribution < -0.4 is 0 Å². The molecule has 1 aromatic rings. The number of sulfonamides is 1. The highest BCUT2D eigenvalue weighted by atomic mass is 79.9. The van der Waals surface area contributed by atoms with E-state index in [1.165, 1.54) is 23.5 Å². The van der Waals surface area contributed by atoms with Gasteiger partial charge in [0.15, 0.2) is 0 Å². The summed E-state index contributed by atoms with van der Waals surface area (Å²) < 4.78 is 41.0. The molecule has 1 atom stereocenters. The third-order valence-corrected chi connectivity index (χ3v) is 6.11. The van der Waals surface area contributed by atoms with E-state index in [-0.39, 0.29) is 28.3 Å². The van der Waals surface area contributed by atoms with E-state index < -0.39 is 15.8 Å². The first-order valence-electron chi connectivity index (χ1n) is 6.14. The first-order valence-corrected chi connectivity index (χ1v) is 8.91. The Labute approximate surface area is 133 Å². The SMILES string of the molecule is CC(C)C(C)N(C)S(=O)(=O)c1cc(Br)cc(CCl)c1F. The van der Waals surface area contributed by atoms with E-state index in [4.69, 9.17) is 11.6 Å². The summed E-state index contributed by atoms with van der Waals surface area (Å²) in [6, 6.07) is 2.51. The molecule has 0 aromatic heterocycles. The van der Waals surface area contributed by atoms with Crippen LogP contribution >= 0.6 is 27.5 Å². The van der Waals surface area contributed by atoms with Gasteiger partial charge in [0.25, 0.3) is 0 Å². The normalized spacial score (nSPS) is 14.1. The Morgan fingerprint density at radius 3 is 2.35 bits per heavy atom. The summed E-state index contributed by atoms with van der Waals surface area (Å²) >= 11 is 8.84. The Bertz CT molecular complexity index is 592. The lowest BCUT2D eigenvalue weighted by atomic mass is 10.1. The molecular weight excluding hydrogens is 369 g/mol. The smallest absolute Gasteiger partial charge is 0.207 e. The summed E-state index contributed by atoms with van der Waals surface area (Å²) in [6.45, 7) is 5.62. The quantitative estimate of drug-likeness (QED) is 0.718. The first-order chi connectivity index (χ1) is 9.12. The Hall–Kier alpha value is -0.170. The fourth-order valence-electron chi connectivity index (χ4n) is 1.70. The van der Waals surface area contributed by atoms with E-state index >= 15 is 0 Å². The topological polar surface area (TPSA) is 37.4 Å². The molecule has 7 heteroatoms. The molecule has 3 nitrogen and oxygen atoms in total. The molecule has 0 heterocycles. The van der Waals surface area contributed by atoms with Crippen molar-refractivity contribution in [1.82, 2.24) is 4.31 Å². The molecule has 0 aliphatic carbocycles. The molecule has 0 radical (unpaired) electrons. The van der Waals surface area contributed by atoms with Gasteiger partial charge in [0.05, 0.1) is 5.88 Å². The van der Waals surface area contributed by atoms with Gasteiger partial charge in [-0.05, 0) is 25.0 Å². The predicted octanol–water partition coefficient (Wildman–Crippen LogP) is 3.99. The lowest BCUT2D eigenvalue weighted by molar-refractivity contribution is 0.314. The molecular formula is C13H18BrClFNO2S. The number of alkyl halides is 1. The Morgan fingerprint density at radius 2 is 1.90 bits per heavy atom. The molecule has 0 saturated carbocycles. The zero-order valence-electron chi connectivity index (χ0n) is 11.8. The van der Waals surface area contributed by atoms with E-state index in [2.05, 4.69) is 15.9 Å². The minimum atomic E-state index is -3.90. The van der Waals surface area contributed by atoms with Crippen molar-refractivity contribution in [2.75, 3.05) is 7.05 Å². The summed E-state index contributed by atoms with van der Waals surface area (Å²) in [5.41, 5.74) is 0.158. The van der Waals surface area contributed by atoms with Crippen LogP contribution in [0.15, 0.2) is 21.5 Å². The minimum Gasteiger partial charge on any atom is -0.207 e. The van der Waals surface area contributed by atoms with Gasteiger partial charge < -0.3 is 0 Å².